The molecule has 1 unspecified atom stereocenters. The molecule has 3 aromatic carbocycles. The summed E-state index contributed by atoms with van der Waals surface area (Å²) in [6.07, 6.45) is -4.74. The number of carbonyl (C=O) groups excluding carboxylic acids is 2. The first kappa shape index (κ1) is 35.0. The number of amides is 1. The number of halogens is 3. The number of benzene rings is 3. The largest absolute Gasteiger partial charge is 0.496 e. The normalized spacial score (nSPS) is 18.9. The van der Waals surface area contributed by atoms with E-state index in [0.717, 1.165) is 11.1 Å². The number of hydrogen-bond acceptors (Lipinski definition) is 9. The van der Waals surface area contributed by atoms with Gasteiger partial charge in [-0.05, 0) is 53.6 Å². The lowest BCUT2D eigenvalue weighted by molar-refractivity contribution is -0.171. The van der Waals surface area contributed by atoms with Crippen molar-refractivity contribution in [2.75, 3.05) is 39.8 Å². The average molecular weight is 692 g/mol. The molecule has 1 aromatic heterocycles. The minimum absolute atomic E-state index is 0.0220. The van der Waals surface area contributed by atoms with Crippen LogP contribution in [0.5, 0.6) is 5.75 Å². The van der Waals surface area contributed by atoms with Crippen molar-refractivity contribution >= 4 is 11.9 Å². The average Bonchev–Trinajstić information content (AvgIpc) is 3.60. The molecule has 6 rings (SSSR count). The lowest BCUT2D eigenvalue weighted by Crippen LogP contribution is -2.68. The van der Waals surface area contributed by atoms with Gasteiger partial charge < -0.3 is 14.4 Å². The van der Waals surface area contributed by atoms with Crippen molar-refractivity contribution in [2.45, 2.75) is 57.1 Å². The van der Waals surface area contributed by atoms with Gasteiger partial charge in [0.25, 0.3) is 11.7 Å². The third-order valence-corrected chi connectivity index (χ3v) is 9.40. The second-order valence-corrected chi connectivity index (χ2v) is 13.2. The molecule has 2 fully saturated rings. The first-order chi connectivity index (χ1) is 23.9. The summed E-state index contributed by atoms with van der Waals surface area (Å²) < 4.78 is 52.9. The molecule has 0 saturated carbocycles. The Labute approximate surface area is 288 Å². The van der Waals surface area contributed by atoms with Crippen molar-refractivity contribution < 1.29 is 32.2 Å². The first-order valence-corrected chi connectivity index (χ1v) is 16.5. The molecule has 2 aliphatic heterocycles. The minimum Gasteiger partial charge on any atom is -0.496 e. The number of tetrazole rings is 1. The Balaban J connectivity index is 1.37. The highest BCUT2D eigenvalue weighted by atomic mass is 19.4. The number of ether oxygens (including phenoxy) is 2. The molecule has 1 amide bonds. The van der Waals surface area contributed by atoms with Crippen LogP contribution in [0.1, 0.15) is 49.2 Å². The van der Waals surface area contributed by atoms with Gasteiger partial charge in [0, 0.05) is 69.8 Å². The Bertz CT molecular complexity index is 1760. The fourth-order valence-electron chi connectivity index (χ4n) is 7.36. The van der Waals surface area contributed by atoms with Gasteiger partial charge >= 0.3 is 12.1 Å². The number of methoxy groups -OCH3 is 1. The third-order valence-electron chi connectivity index (χ3n) is 9.40. The molecular weight excluding hydrogens is 651 g/mol. The van der Waals surface area contributed by atoms with Crippen LogP contribution in [0.2, 0.25) is 0 Å². The fourth-order valence-corrected chi connectivity index (χ4v) is 7.36. The summed E-state index contributed by atoms with van der Waals surface area (Å²) in [6.45, 7) is 7.53. The second kappa shape index (κ2) is 14.2. The van der Waals surface area contributed by atoms with Crippen molar-refractivity contribution in [2.24, 2.45) is 0 Å². The second-order valence-electron chi connectivity index (χ2n) is 13.2. The fraction of sp³-hybridized carbons (Fsp3) is 0.417. The van der Waals surface area contributed by atoms with E-state index in [1.54, 1.807) is 30.9 Å². The molecule has 0 N–H and O–H groups in total. The molecule has 14 heteroatoms. The van der Waals surface area contributed by atoms with Crippen molar-refractivity contribution in [3.05, 3.63) is 101 Å². The van der Waals surface area contributed by atoms with Crippen molar-refractivity contribution in [1.29, 1.82) is 0 Å². The number of hydrogen-bond donors (Lipinski definition) is 0. The zero-order valence-corrected chi connectivity index (χ0v) is 28.4. The van der Waals surface area contributed by atoms with E-state index in [-0.39, 0.29) is 29.6 Å². The number of fused-ring (bicyclic) bond motifs is 1. The maximum Gasteiger partial charge on any atom is 0.453 e. The molecule has 3 heterocycles. The Morgan fingerprint density at radius 1 is 0.920 bits per heavy atom. The predicted octanol–water partition coefficient (Wildman–Crippen LogP) is 4.56. The van der Waals surface area contributed by atoms with Gasteiger partial charge in [-0.2, -0.15) is 17.9 Å². The predicted molar refractivity (Wildman–Crippen MR) is 177 cm³/mol. The summed E-state index contributed by atoms with van der Waals surface area (Å²) in [5, 5.41) is 10.1. The summed E-state index contributed by atoms with van der Waals surface area (Å²) in [5.74, 6) is -1.52. The standard InChI is InChI=1S/C36H40F3N7O4/c1-24(47)50-35(2,3)34(48)44-17-18-45-29(22-44)21-43(23-30(45)32(25-11-7-5-8-12-25)26-13-9-6-10-14-26)20-27-19-28(15-16-31(27)49-4)46-33(36(37,38)39)40-41-42-46/h5-16,19,29-30,32H,17-18,20-23H2,1-4H3/t29-,30?/m1/s1. The lowest BCUT2D eigenvalue weighted by atomic mass is 9.81. The Morgan fingerprint density at radius 2 is 1.58 bits per heavy atom. The van der Waals surface area contributed by atoms with Gasteiger partial charge in [0.05, 0.1) is 12.8 Å². The first-order valence-electron chi connectivity index (χ1n) is 16.5. The van der Waals surface area contributed by atoms with E-state index in [4.69, 9.17) is 9.47 Å². The number of nitrogens with zero attached hydrogens (tertiary/aromatic N) is 7. The summed E-state index contributed by atoms with van der Waals surface area (Å²) in [7, 11) is 1.52. The molecule has 50 heavy (non-hydrogen) atoms. The van der Waals surface area contributed by atoms with Crippen molar-refractivity contribution in [1.82, 2.24) is 34.9 Å². The van der Waals surface area contributed by atoms with E-state index < -0.39 is 23.6 Å². The number of esters is 1. The number of alkyl halides is 3. The maximum absolute atomic E-state index is 13.7. The number of piperazine rings is 2. The number of rotatable bonds is 9. The van der Waals surface area contributed by atoms with Crippen LogP contribution in [0.25, 0.3) is 5.69 Å². The number of carbonyl (C=O) groups is 2. The Morgan fingerprint density at radius 3 is 2.18 bits per heavy atom. The van der Waals surface area contributed by atoms with Crippen molar-refractivity contribution in [3.63, 3.8) is 0 Å². The van der Waals surface area contributed by atoms with E-state index in [1.165, 1.54) is 20.1 Å². The molecule has 2 saturated heterocycles. The molecule has 2 aliphatic rings. The summed E-state index contributed by atoms with van der Waals surface area (Å²) in [6, 6.07) is 25.2. The van der Waals surface area contributed by atoms with Gasteiger partial charge in [-0.1, -0.05) is 60.7 Å². The van der Waals surface area contributed by atoms with Gasteiger partial charge in [0.1, 0.15) is 5.75 Å². The smallest absolute Gasteiger partial charge is 0.453 e. The molecule has 0 bridgehead atoms. The Kier molecular flexibility index (Phi) is 9.94. The van der Waals surface area contributed by atoms with Gasteiger partial charge in [0.15, 0.2) is 5.60 Å². The summed E-state index contributed by atoms with van der Waals surface area (Å²) in [4.78, 5) is 32.0. The highest BCUT2D eigenvalue weighted by Crippen LogP contribution is 2.37. The van der Waals surface area contributed by atoms with Gasteiger partial charge in [-0.25, -0.2) is 0 Å². The molecule has 2 atom stereocenters. The van der Waals surface area contributed by atoms with E-state index in [2.05, 4.69) is 49.6 Å². The van der Waals surface area contributed by atoms with E-state index in [9.17, 15) is 22.8 Å². The summed E-state index contributed by atoms with van der Waals surface area (Å²) in [5.41, 5.74) is 1.80. The van der Waals surface area contributed by atoms with E-state index >= 15 is 0 Å². The molecule has 0 radical (unpaired) electrons. The van der Waals surface area contributed by atoms with Gasteiger partial charge in [0.2, 0.25) is 0 Å². The zero-order valence-electron chi connectivity index (χ0n) is 28.4. The quantitative estimate of drug-likeness (QED) is 0.234. The molecule has 0 spiro atoms. The highest BCUT2D eigenvalue weighted by molar-refractivity contribution is 5.87. The molecule has 264 valence electrons. The number of aromatic nitrogens is 4. The van der Waals surface area contributed by atoms with Crippen LogP contribution in [-0.2, 0) is 27.0 Å². The molecular formula is C36H40F3N7O4. The van der Waals surface area contributed by atoms with Crippen LogP contribution in [-0.4, -0.2) is 104 Å². The van der Waals surface area contributed by atoms with Crippen molar-refractivity contribution in [3.8, 4) is 11.4 Å². The SMILES string of the molecule is COc1ccc(-n2nnnc2C(F)(F)F)cc1CN1CC(C(c2ccccc2)c2ccccc2)N2CCN(C(=O)C(C)(C)OC(C)=O)C[C@H]2C1. The minimum atomic E-state index is -4.74. The van der Waals surface area contributed by atoms with Crippen LogP contribution < -0.4 is 4.74 Å². The summed E-state index contributed by atoms with van der Waals surface area (Å²) >= 11 is 0. The van der Waals surface area contributed by atoms with Crippen LogP contribution in [0.15, 0.2) is 78.9 Å². The molecule has 4 aromatic rings. The zero-order chi connectivity index (χ0) is 35.6. The highest BCUT2D eigenvalue weighted by Gasteiger charge is 2.45. The van der Waals surface area contributed by atoms with Gasteiger partial charge in [-0.3, -0.25) is 19.4 Å². The van der Waals surface area contributed by atoms with E-state index in [1.807, 2.05) is 36.4 Å². The van der Waals surface area contributed by atoms with Gasteiger partial charge in [-0.15, -0.1) is 5.10 Å². The third kappa shape index (κ3) is 7.36. The monoisotopic (exact) mass is 691 g/mol. The van der Waals surface area contributed by atoms with E-state index in [0.29, 0.717) is 55.3 Å². The molecule has 11 nitrogen and oxygen atoms in total. The topological polar surface area (TPSA) is 106 Å². The van der Waals surface area contributed by atoms with Crippen LogP contribution in [0.4, 0.5) is 13.2 Å². The lowest BCUT2D eigenvalue weighted by Gasteiger charge is -2.54. The van der Waals surface area contributed by atoms with Crippen LogP contribution in [0, 0.1) is 0 Å². The van der Waals surface area contributed by atoms with Crippen LogP contribution in [0.3, 0.4) is 0 Å². The maximum atomic E-state index is 13.7. The molecule has 0 aliphatic carbocycles. The Hall–Kier alpha value is -4.82. The van der Waals surface area contributed by atoms with Crippen LogP contribution >= 0.6 is 0 Å².